The van der Waals surface area contributed by atoms with Gasteiger partial charge < -0.3 is 24.7 Å². The number of amides is 1. The molecule has 1 amide bonds. The number of benzene rings is 1. The Kier molecular flexibility index (Phi) is 5.59. The Hall–Kier alpha value is -3.13. The second-order valence-corrected chi connectivity index (χ2v) is 7.68. The summed E-state index contributed by atoms with van der Waals surface area (Å²) in [4.78, 5) is 19.4. The summed E-state index contributed by atoms with van der Waals surface area (Å²) in [5.74, 6) is 0.0420. The number of rotatable bonds is 6. The van der Waals surface area contributed by atoms with Crippen molar-refractivity contribution in [3.63, 3.8) is 0 Å². The van der Waals surface area contributed by atoms with Crippen LogP contribution >= 0.6 is 0 Å². The predicted molar refractivity (Wildman–Crippen MR) is 115 cm³/mol. The van der Waals surface area contributed by atoms with Gasteiger partial charge in [0.2, 0.25) is 0 Å². The number of imidazole rings is 1. The zero-order valence-corrected chi connectivity index (χ0v) is 17.4. The van der Waals surface area contributed by atoms with Crippen LogP contribution in [0.5, 0.6) is 5.75 Å². The van der Waals surface area contributed by atoms with E-state index in [9.17, 15) is 9.18 Å². The van der Waals surface area contributed by atoms with Gasteiger partial charge in [0.15, 0.2) is 0 Å². The van der Waals surface area contributed by atoms with Crippen molar-refractivity contribution in [3.8, 4) is 5.75 Å². The number of hydrogen-bond acceptors (Lipinski definition) is 5. The van der Waals surface area contributed by atoms with Crippen LogP contribution in [-0.4, -0.2) is 49.1 Å². The Balaban J connectivity index is 1.53. The second kappa shape index (κ2) is 8.31. The van der Waals surface area contributed by atoms with Crippen molar-refractivity contribution in [1.29, 1.82) is 0 Å². The molecule has 1 fully saturated rings. The second-order valence-electron chi connectivity index (χ2n) is 7.68. The van der Waals surface area contributed by atoms with Crippen LogP contribution in [0, 0.1) is 18.7 Å². The molecule has 1 saturated heterocycles. The lowest BCUT2D eigenvalue weighted by Gasteiger charge is -2.19. The number of fused-ring (bicyclic) bond motifs is 1. The van der Waals surface area contributed by atoms with Gasteiger partial charge in [-0.3, -0.25) is 4.79 Å². The molecule has 0 aliphatic carbocycles. The van der Waals surface area contributed by atoms with E-state index in [4.69, 9.17) is 4.74 Å². The summed E-state index contributed by atoms with van der Waals surface area (Å²) in [6.45, 7) is 4.62. The number of methoxy groups -OCH3 is 1. The standard InChI is InChI=1S/C22H26FN5O2/c1-14-11-28-13-17(20(30-3)9-21(28)25-14)22(29)26-19-5-4-16(8-18(19)23)27-7-6-15(12-27)10-24-2/h4-5,8-9,11,13,15,24H,6-7,10,12H2,1-3H3,(H,26,29). The van der Waals surface area contributed by atoms with Gasteiger partial charge in [0.05, 0.1) is 24.1 Å². The maximum Gasteiger partial charge on any atom is 0.261 e. The monoisotopic (exact) mass is 411 g/mol. The number of aromatic nitrogens is 2. The van der Waals surface area contributed by atoms with Crippen LogP contribution in [0.2, 0.25) is 0 Å². The van der Waals surface area contributed by atoms with E-state index in [1.54, 1.807) is 22.7 Å². The SMILES string of the molecule is CNCC1CCN(c2ccc(NC(=O)c3cn4cc(C)nc4cc3OC)c(F)c2)C1. The van der Waals surface area contributed by atoms with Gasteiger partial charge in [0.25, 0.3) is 5.91 Å². The number of carbonyl (C=O) groups is 1. The van der Waals surface area contributed by atoms with E-state index >= 15 is 0 Å². The molecule has 1 aliphatic heterocycles. The lowest BCUT2D eigenvalue weighted by molar-refractivity contribution is 0.102. The fourth-order valence-corrected chi connectivity index (χ4v) is 4.00. The fraction of sp³-hybridized carbons (Fsp3) is 0.364. The Morgan fingerprint density at radius 1 is 1.33 bits per heavy atom. The summed E-state index contributed by atoms with van der Waals surface area (Å²) in [5, 5.41) is 5.86. The minimum atomic E-state index is -0.462. The van der Waals surface area contributed by atoms with Crippen molar-refractivity contribution in [1.82, 2.24) is 14.7 Å². The van der Waals surface area contributed by atoms with Gasteiger partial charge >= 0.3 is 0 Å². The summed E-state index contributed by atoms with van der Waals surface area (Å²) in [6, 6.07) is 6.63. The van der Waals surface area contributed by atoms with Gasteiger partial charge in [-0.2, -0.15) is 0 Å². The molecular weight excluding hydrogens is 385 g/mol. The fourth-order valence-electron chi connectivity index (χ4n) is 4.00. The number of ether oxygens (including phenoxy) is 1. The first-order valence-corrected chi connectivity index (χ1v) is 10.0. The minimum absolute atomic E-state index is 0.138. The highest BCUT2D eigenvalue weighted by molar-refractivity contribution is 6.06. The summed E-state index contributed by atoms with van der Waals surface area (Å²) in [5.41, 5.74) is 2.78. The molecule has 2 aromatic heterocycles. The number of halogens is 1. The molecule has 0 radical (unpaired) electrons. The highest BCUT2D eigenvalue weighted by Crippen LogP contribution is 2.28. The minimum Gasteiger partial charge on any atom is -0.496 e. The summed E-state index contributed by atoms with van der Waals surface area (Å²) >= 11 is 0. The third-order valence-electron chi connectivity index (χ3n) is 5.48. The van der Waals surface area contributed by atoms with Crippen molar-refractivity contribution < 1.29 is 13.9 Å². The normalized spacial score (nSPS) is 16.3. The van der Waals surface area contributed by atoms with E-state index in [2.05, 4.69) is 20.5 Å². The molecule has 0 bridgehead atoms. The molecule has 1 atom stereocenters. The quantitative estimate of drug-likeness (QED) is 0.652. The maximum atomic E-state index is 14.8. The van der Waals surface area contributed by atoms with Crippen molar-refractivity contribution in [2.24, 2.45) is 5.92 Å². The summed E-state index contributed by atoms with van der Waals surface area (Å²) in [6.07, 6.45) is 4.54. The average molecular weight is 411 g/mol. The van der Waals surface area contributed by atoms with Crippen LogP contribution in [0.4, 0.5) is 15.8 Å². The van der Waals surface area contributed by atoms with E-state index < -0.39 is 11.7 Å². The first-order chi connectivity index (χ1) is 14.5. The molecular formula is C22H26FN5O2. The highest BCUT2D eigenvalue weighted by Gasteiger charge is 2.23. The van der Waals surface area contributed by atoms with E-state index in [0.717, 1.165) is 37.4 Å². The Bertz CT molecular complexity index is 1080. The third-order valence-corrected chi connectivity index (χ3v) is 5.48. The van der Waals surface area contributed by atoms with Crippen LogP contribution in [0.3, 0.4) is 0 Å². The number of anilines is 2. The van der Waals surface area contributed by atoms with Crippen LogP contribution in [0.25, 0.3) is 5.65 Å². The molecule has 0 spiro atoms. The highest BCUT2D eigenvalue weighted by atomic mass is 19.1. The van der Waals surface area contributed by atoms with Gasteiger partial charge in [-0.15, -0.1) is 0 Å². The Morgan fingerprint density at radius 3 is 2.90 bits per heavy atom. The van der Waals surface area contributed by atoms with E-state index in [1.807, 2.05) is 26.2 Å². The molecule has 7 nitrogen and oxygen atoms in total. The van der Waals surface area contributed by atoms with Crippen LogP contribution in [-0.2, 0) is 0 Å². The Labute approximate surface area is 174 Å². The Morgan fingerprint density at radius 2 is 2.17 bits per heavy atom. The molecule has 2 N–H and O–H groups in total. The number of hydrogen-bond donors (Lipinski definition) is 2. The zero-order chi connectivity index (χ0) is 21.3. The summed E-state index contributed by atoms with van der Waals surface area (Å²) in [7, 11) is 3.44. The zero-order valence-electron chi connectivity index (χ0n) is 17.4. The predicted octanol–water partition coefficient (Wildman–Crippen LogP) is 3.09. The van der Waals surface area contributed by atoms with Crippen molar-refractivity contribution >= 4 is 22.9 Å². The molecule has 1 unspecified atom stereocenters. The van der Waals surface area contributed by atoms with Crippen LogP contribution in [0.1, 0.15) is 22.5 Å². The number of nitrogens with one attached hydrogen (secondary N) is 2. The van der Waals surface area contributed by atoms with E-state index in [-0.39, 0.29) is 5.69 Å². The largest absolute Gasteiger partial charge is 0.496 e. The molecule has 1 aliphatic rings. The molecule has 4 rings (SSSR count). The van der Waals surface area contributed by atoms with Crippen molar-refractivity contribution in [2.45, 2.75) is 13.3 Å². The number of pyridine rings is 1. The topological polar surface area (TPSA) is 70.9 Å². The number of aryl methyl sites for hydroxylation is 1. The lowest BCUT2D eigenvalue weighted by atomic mass is 10.1. The van der Waals surface area contributed by atoms with Crippen molar-refractivity contribution in [3.05, 3.63) is 53.7 Å². The molecule has 3 heterocycles. The van der Waals surface area contributed by atoms with Gasteiger partial charge in [0.1, 0.15) is 17.2 Å². The maximum absolute atomic E-state index is 14.8. The van der Waals surface area contributed by atoms with Gasteiger partial charge in [-0.1, -0.05) is 0 Å². The van der Waals surface area contributed by atoms with Gasteiger partial charge in [-0.05, 0) is 51.1 Å². The molecule has 158 valence electrons. The molecule has 3 aromatic rings. The average Bonchev–Trinajstić information content (AvgIpc) is 3.33. The number of nitrogens with zero attached hydrogens (tertiary/aromatic N) is 3. The molecule has 0 saturated carbocycles. The molecule has 8 heteroatoms. The van der Waals surface area contributed by atoms with Gasteiger partial charge in [0, 0.05) is 37.2 Å². The first kappa shape index (κ1) is 20.2. The van der Waals surface area contributed by atoms with Crippen LogP contribution in [0.15, 0.2) is 36.7 Å². The van der Waals surface area contributed by atoms with Crippen molar-refractivity contribution in [2.75, 3.05) is 44.0 Å². The molecule has 1 aromatic carbocycles. The third kappa shape index (κ3) is 3.95. The van der Waals surface area contributed by atoms with E-state index in [1.165, 1.54) is 13.2 Å². The van der Waals surface area contributed by atoms with E-state index in [0.29, 0.717) is 22.9 Å². The smallest absolute Gasteiger partial charge is 0.261 e. The van der Waals surface area contributed by atoms with Gasteiger partial charge in [-0.25, -0.2) is 9.37 Å². The first-order valence-electron chi connectivity index (χ1n) is 10.0. The summed E-state index contributed by atoms with van der Waals surface area (Å²) < 4.78 is 21.9. The lowest BCUT2D eigenvalue weighted by Crippen LogP contribution is -2.24. The number of carbonyl (C=O) groups excluding carboxylic acids is 1. The van der Waals surface area contributed by atoms with Crippen LogP contribution < -0.4 is 20.3 Å². The molecule has 30 heavy (non-hydrogen) atoms.